The van der Waals surface area contributed by atoms with Gasteiger partial charge in [0.15, 0.2) is 12.6 Å². The summed E-state index contributed by atoms with van der Waals surface area (Å²) >= 11 is 0. The van der Waals surface area contributed by atoms with Crippen LogP contribution in [0.3, 0.4) is 0 Å². The first-order valence-corrected chi connectivity index (χ1v) is 20.4. The molecule has 9 N–H and O–H groups in total. The topological polar surface area (TPSA) is 219 Å². The maximum atomic E-state index is 12.4. The average molecular weight is 771 g/mol. The van der Waals surface area contributed by atoms with Crippen molar-refractivity contribution in [2.75, 3.05) is 13.2 Å². The van der Waals surface area contributed by atoms with Gasteiger partial charge in [0.05, 0.1) is 37.1 Å². The van der Waals surface area contributed by atoms with Crippen molar-refractivity contribution in [3.63, 3.8) is 0 Å². The van der Waals surface area contributed by atoms with Gasteiger partial charge in [0.25, 0.3) is 0 Å². The first kappa shape index (κ1) is 42.8. The number of ether oxygens (including phenoxy) is 4. The second kappa shape index (κ2) is 15.1. The van der Waals surface area contributed by atoms with Gasteiger partial charge in [-0.25, -0.2) is 0 Å². The molecule has 0 amide bonds. The Morgan fingerprint density at radius 1 is 0.778 bits per heavy atom. The lowest BCUT2D eigenvalue weighted by atomic mass is 9.34. The number of allylic oxidation sites excluding steroid dienone is 2. The predicted octanol–water partition coefficient (Wildman–Crippen LogP) is 1.76. The zero-order valence-corrected chi connectivity index (χ0v) is 33.5. The standard InChI is InChI=1S/C41H70O13/c1-20(2)10-9-13-41(8,54-36-33(50)31(48)30(47)25(53-36)19-51-35-32(49)29(46)24(18-42)52-35)21-11-15-39(6)28(21)22(43)16-26-38(5)14-12-27(45)37(3,4)34(38)23(44)17-40(26,39)7/h10,21-36,42-50H,9,11-19H2,1-8H3/t21?,22-,23+,24+,25-,26?,27+,28?,29+,30-,31+,32-,33-,34?,35-,36+,38-,39+,40-,41-/m0/s1. The van der Waals surface area contributed by atoms with E-state index in [1.165, 1.54) is 0 Å². The molecule has 13 nitrogen and oxygen atoms in total. The maximum Gasteiger partial charge on any atom is 0.187 e. The van der Waals surface area contributed by atoms with Gasteiger partial charge in [-0.15, -0.1) is 0 Å². The first-order valence-electron chi connectivity index (χ1n) is 20.4. The Morgan fingerprint density at radius 3 is 2.04 bits per heavy atom. The summed E-state index contributed by atoms with van der Waals surface area (Å²) in [6.07, 6.45) is -7.06. The summed E-state index contributed by atoms with van der Waals surface area (Å²) in [5, 5.41) is 98.8. The first-order chi connectivity index (χ1) is 25.1. The van der Waals surface area contributed by atoms with E-state index >= 15 is 0 Å². The minimum atomic E-state index is -1.66. The van der Waals surface area contributed by atoms with E-state index in [4.69, 9.17) is 18.9 Å². The van der Waals surface area contributed by atoms with Gasteiger partial charge < -0.3 is 64.9 Å². The molecule has 0 aromatic rings. The molecule has 0 aromatic heterocycles. The Morgan fingerprint density at radius 2 is 1.41 bits per heavy atom. The molecular formula is C41H70O13. The molecule has 0 bridgehead atoms. The quantitative estimate of drug-likeness (QED) is 0.145. The molecule has 4 unspecified atom stereocenters. The molecule has 4 aliphatic carbocycles. The Labute approximate surface area is 320 Å². The highest BCUT2D eigenvalue weighted by Crippen LogP contribution is 2.76. The van der Waals surface area contributed by atoms with Crippen LogP contribution >= 0.6 is 0 Å². The Balaban J connectivity index is 1.28. The summed E-state index contributed by atoms with van der Waals surface area (Å²) in [5.41, 5.74) is -1.30. The largest absolute Gasteiger partial charge is 0.394 e. The van der Waals surface area contributed by atoms with Crippen LogP contribution in [0, 0.1) is 45.3 Å². The van der Waals surface area contributed by atoms with Crippen molar-refractivity contribution in [3.8, 4) is 0 Å². The third-order valence-electron chi connectivity index (χ3n) is 16.2. The van der Waals surface area contributed by atoms with Crippen molar-refractivity contribution in [2.24, 2.45) is 45.3 Å². The van der Waals surface area contributed by atoms with Gasteiger partial charge in [-0.05, 0) is 117 Å². The van der Waals surface area contributed by atoms with Crippen LogP contribution in [0.15, 0.2) is 11.6 Å². The number of hydrogen-bond donors (Lipinski definition) is 9. The Kier molecular flexibility index (Phi) is 12.0. The van der Waals surface area contributed by atoms with Gasteiger partial charge in [0.2, 0.25) is 0 Å². The molecule has 2 saturated heterocycles. The van der Waals surface area contributed by atoms with E-state index < -0.39 is 91.2 Å². The third kappa shape index (κ3) is 6.76. The molecule has 6 aliphatic rings. The van der Waals surface area contributed by atoms with Gasteiger partial charge >= 0.3 is 0 Å². The summed E-state index contributed by atoms with van der Waals surface area (Å²) in [6, 6.07) is 0. The molecule has 2 aliphatic heterocycles. The molecule has 312 valence electrons. The number of aliphatic hydroxyl groups excluding tert-OH is 9. The fourth-order valence-electron chi connectivity index (χ4n) is 13.2. The summed E-state index contributed by atoms with van der Waals surface area (Å²) in [7, 11) is 0. The van der Waals surface area contributed by atoms with Crippen LogP contribution in [0.5, 0.6) is 0 Å². The number of hydrogen-bond acceptors (Lipinski definition) is 13. The Bertz CT molecular complexity index is 1360. The fourth-order valence-corrected chi connectivity index (χ4v) is 13.2. The average Bonchev–Trinajstić information content (AvgIpc) is 3.61. The van der Waals surface area contributed by atoms with E-state index in [1.54, 1.807) is 0 Å². The van der Waals surface area contributed by atoms with Crippen LogP contribution in [0.2, 0.25) is 0 Å². The molecule has 0 aromatic carbocycles. The zero-order chi connectivity index (χ0) is 39.9. The van der Waals surface area contributed by atoms with E-state index in [2.05, 4.69) is 40.7 Å². The molecule has 0 spiro atoms. The number of aliphatic hydroxyl groups is 9. The lowest BCUT2D eigenvalue weighted by Gasteiger charge is -2.71. The molecule has 4 saturated carbocycles. The van der Waals surface area contributed by atoms with Gasteiger partial charge in [0.1, 0.15) is 42.7 Å². The second-order valence-electron chi connectivity index (χ2n) is 19.8. The molecule has 6 fully saturated rings. The van der Waals surface area contributed by atoms with E-state index in [9.17, 15) is 46.0 Å². The van der Waals surface area contributed by atoms with Gasteiger partial charge in [0, 0.05) is 0 Å². The number of rotatable bonds is 10. The number of fused-ring (bicyclic) bond motifs is 5. The highest BCUT2D eigenvalue weighted by molar-refractivity contribution is 5.22. The van der Waals surface area contributed by atoms with Crippen molar-refractivity contribution >= 4 is 0 Å². The molecule has 13 heteroatoms. The second-order valence-corrected chi connectivity index (χ2v) is 19.8. The van der Waals surface area contributed by atoms with Crippen molar-refractivity contribution < 1.29 is 64.9 Å². The van der Waals surface area contributed by atoms with E-state index in [1.807, 2.05) is 20.8 Å². The minimum absolute atomic E-state index is 0.109. The van der Waals surface area contributed by atoms with Crippen LogP contribution in [-0.2, 0) is 18.9 Å². The van der Waals surface area contributed by atoms with Gasteiger partial charge in [-0.2, -0.15) is 0 Å². The van der Waals surface area contributed by atoms with Crippen molar-refractivity contribution in [1.29, 1.82) is 0 Å². The lowest BCUT2D eigenvalue weighted by Crippen LogP contribution is -2.70. The van der Waals surface area contributed by atoms with Crippen molar-refractivity contribution in [2.45, 2.75) is 186 Å². The van der Waals surface area contributed by atoms with Gasteiger partial charge in [-0.3, -0.25) is 0 Å². The lowest BCUT2D eigenvalue weighted by molar-refractivity contribution is -0.341. The summed E-state index contributed by atoms with van der Waals surface area (Å²) in [5.74, 6) is -0.397. The summed E-state index contributed by atoms with van der Waals surface area (Å²) < 4.78 is 24.1. The van der Waals surface area contributed by atoms with Crippen molar-refractivity contribution in [1.82, 2.24) is 0 Å². The normalized spacial score (nSPS) is 52.5. The van der Waals surface area contributed by atoms with Crippen molar-refractivity contribution in [3.05, 3.63) is 11.6 Å². The summed E-state index contributed by atoms with van der Waals surface area (Å²) in [6.45, 7) is 16.1. The van der Waals surface area contributed by atoms with Crippen LogP contribution in [-0.4, -0.2) is 138 Å². The maximum absolute atomic E-state index is 12.4. The van der Waals surface area contributed by atoms with E-state index in [0.29, 0.717) is 32.1 Å². The zero-order valence-electron chi connectivity index (χ0n) is 33.5. The smallest absolute Gasteiger partial charge is 0.187 e. The fraction of sp³-hybridized carbons (Fsp3) is 0.951. The highest BCUT2D eigenvalue weighted by atomic mass is 16.7. The van der Waals surface area contributed by atoms with Crippen LogP contribution < -0.4 is 0 Å². The molecule has 0 radical (unpaired) electrons. The molecule has 2 heterocycles. The molecular weight excluding hydrogens is 700 g/mol. The minimum Gasteiger partial charge on any atom is -0.394 e. The molecule has 54 heavy (non-hydrogen) atoms. The van der Waals surface area contributed by atoms with Crippen LogP contribution in [0.4, 0.5) is 0 Å². The SMILES string of the molecule is CC(C)=CCC[C@](C)(O[C@H]1O[C@@H](CO[C@H]2O[C@H](CO)[C@@H](O)[C@@H]2O)[C@H](O)[C@@H](O)[C@@H]1O)C1CC[C@]2(C)C1[C@@H](O)CC1[C@]3(C)CC[C@@H](O)C(C)(C)C3[C@H](O)C[C@@]12C. The van der Waals surface area contributed by atoms with Crippen LogP contribution in [0.1, 0.15) is 107 Å². The van der Waals surface area contributed by atoms with E-state index in [0.717, 1.165) is 24.8 Å². The molecule has 6 rings (SSSR count). The monoisotopic (exact) mass is 770 g/mol. The predicted molar refractivity (Wildman–Crippen MR) is 196 cm³/mol. The Hall–Kier alpha value is -0.780. The van der Waals surface area contributed by atoms with Crippen LogP contribution in [0.25, 0.3) is 0 Å². The third-order valence-corrected chi connectivity index (χ3v) is 16.2. The molecule has 20 atom stereocenters. The van der Waals surface area contributed by atoms with Gasteiger partial charge in [-0.1, -0.05) is 46.3 Å². The van der Waals surface area contributed by atoms with E-state index in [-0.39, 0.29) is 46.5 Å². The summed E-state index contributed by atoms with van der Waals surface area (Å²) in [4.78, 5) is 0. The highest BCUT2D eigenvalue weighted by Gasteiger charge is 2.73.